The molecule has 33 heavy (non-hydrogen) atoms. The summed E-state index contributed by atoms with van der Waals surface area (Å²) in [5.41, 5.74) is 7.35. The highest BCUT2D eigenvalue weighted by atomic mass is 32.2. The molecule has 2 N–H and O–H groups in total. The molecule has 0 aliphatic carbocycles. The summed E-state index contributed by atoms with van der Waals surface area (Å²) in [6.45, 7) is 0. The highest BCUT2D eigenvalue weighted by Crippen LogP contribution is 2.56. The second-order valence-corrected chi connectivity index (χ2v) is 8.82. The molecule has 0 aromatic heterocycles. The number of ether oxygens (including phenoxy) is 4. The third-order valence-electron chi connectivity index (χ3n) is 6.09. The lowest BCUT2D eigenvalue weighted by molar-refractivity contribution is -0.132. The second-order valence-electron chi connectivity index (χ2n) is 7.64. The highest BCUT2D eigenvalue weighted by molar-refractivity contribution is 8.04. The predicted molar refractivity (Wildman–Crippen MR) is 119 cm³/mol. The van der Waals surface area contributed by atoms with E-state index in [1.807, 2.05) is 0 Å². The molecule has 0 radical (unpaired) electrons. The Morgan fingerprint density at radius 2 is 1.67 bits per heavy atom. The van der Waals surface area contributed by atoms with Gasteiger partial charge in [-0.1, -0.05) is 23.9 Å². The molecule has 3 unspecified atom stereocenters. The van der Waals surface area contributed by atoms with Crippen LogP contribution in [0.25, 0.3) is 0 Å². The van der Waals surface area contributed by atoms with Crippen LogP contribution in [0.3, 0.4) is 0 Å². The number of methoxy groups -OCH3 is 3. The maximum Gasteiger partial charge on any atom is 0.342 e. The molecule has 1 fully saturated rings. The summed E-state index contributed by atoms with van der Waals surface area (Å²) in [7, 11) is 4.43. The van der Waals surface area contributed by atoms with Crippen LogP contribution in [0.4, 0.5) is 5.69 Å². The number of nitrogens with two attached hydrogens (primary N) is 1. The standard InChI is InChI=1S/C23H20N2O7S/c1-29-12-8-7-10(9-14(12)31-3)25-21(26)16-15-11-5-4-6-13(30-2)18(11)32-23(28)17(15)20(24)33-19(16)22(25)27/h4-9,15-16,19H,24H2,1-3H3. The Labute approximate surface area is 193 Å². The molecule has 0 bridgehead atoms. The van der Waals surface area contributed by atoms with Crippen molar-refractivity contribution in [2.24, 2.45) is 11.7 Å². The van der Waals surface area contributed by atoms with Crippen LogP contribution in [0.2, 0.25) is 0 Å². The average Bonchev–Trinajstić information content (AvgIpc) is 3.07. The van der Waals surface area contributed by atoms with Gasteiger partial charge in [-0.05, 0) is 18.2 Å². The Bertz CT molecular complexity index is 1240. The van der Waals surface area contributed by atoms with Crippen molar-refractivity contribution in [3.63, 3.8) is 0 Å². The highest BCUT2D eigenvalue weighted by Gasteiger charge is 2.59. The van der Waals surface area contributed by atoms with Crippen LogP contribution in [-0.2, 0) is 14.4 Å². The molecular weight excluding hydrogens is 448 g/mol. The first kappa shape index (κ1) is 21.2. The van der Waals surface area contributed by atoms with Gasteiger partial charge in [0.05, 0.1) is 43.5 Å². The van der Waals surface area contributed by atoms with E-state index in [1.165, 1.54) is 21.3 Å². The van der Waals surface area contributed by atoms with E-state index in [2.05, 4.69) is 0 Å². The van der Waals surface area contributed by atoms with E-state index in [4.69, 9.17) is 24.7 Å². The number of imide groups is 1. The van der Waals surface area contributed by atoms with Gasteiger partial charge in [0.1, 0.15) is 5.25 Å². The summed E-state index contributed by atoms with van der Waals surface area (Å²) in [5, 5.41) is -0.612. The number of rotatable bonds is 4. The minimum Gasteiger partial charge on any atom is -0.493 e. The fourth-order valence-electron chi connectivity index (χ4n) is 4.63. The lowest BCUT2D eigenvalue weighted by Gasteiger charge is -2.36. The van der Waals surface area contributed by atoms with E-state index in [-0.39, 0.29) is 16.4 Å². The van der Waals surface area contributed by atoms with Crippen LogP contribution in [0, 0.1) is 5.92 Å². The SMILES string of the molecule is COc1ccc(N2C(=O)C3SC(N)=C4C(=O)Oc5c(OC)cccc5C4C3C2=O)cc1OC. The number of benzene rings is 2. The van der Waals surface area contributed by atoms with Crippen LogP contribution in [0.15, 0.2) is 47.0 Å². The van der Waals surface area contributed by atoms with Crippen molar-refractivity contribution in [1.82, 2.24) is 0 Å². The number of fused-ring (bicyclic) bond motifs is 5. The zero-order chi connectivity index (χ0) is 23.4. The van der Waals surface area contributed by atoms with Crippen molar-refractivity contribution < 1.29 is 33.3 Å². The lowest BCUT2D eigenvalue weighted by Crippen LogP contribution is -2.39. The molecule has 0 saturated carbocycles. The summed E-state index contributed by atoms with van der Waals surface area (Å²) in [6.07, 6.45) is 0. The maximum atomic E-state index is 13.7. The third-order valence-corrected chi connectivity index (χ3v) is 7.31. The molecule has 3 aliphatic heterocycles. The largest absolute Gasteiger partial charge is 0.493 e. The van der Waals surface area contributed by atoms with Gasteiger partial charge in [0.2, 0.25) is 11.8 Å². The minimum absolute atomic E-state index is 0.176. The van der Waals surface area contributed by atoms with E-state index in [0.29, 0.717) is 28.5 Å². The topological polar surface area (TPSA) is 117 Å². The first-order chi connectivity index (χ1) is 15.9. The summed E-state index contributed by atoms with van der Waals surface area (Å²) < 4.78 is 21.5. The van der Waals surface area contributed by atoms with Gasteiger partial charge in [0.25, 0.3) is 0 Å². The van der Waals surface area contributed by atoms with Gasteiger partial charge in [0, 0.05) is 17.5 Å². The number of thioether (sulfide) groups is 1. The molecule has 5 rings (SSSR count). The number of carbonyl (C=O) groups excluding carboxylic acids is 3. The number of esters is 1. The monoisotopic (exact) mass is 468 g/mol. The van der Waals surface area contributed by atoms with Crippen LogP contribution in [0.5, 0.6) is 23.0 Å². The molecule has 10 heteroatoms. The number of amides is 2. The molecule has 2 amide bonds. The molecule has 3 heterocycles. The first-order valence-electron chi connectivity index (χ1n) is 10.1. The van der Waals surface area contributed by atoms with Crippen LogP contribution in [-0.4, -0.2) is 44.4 Å². The summed E-state index contributed by atoms with van der Waals surface area (Å²) in [5.74, 6) is -1.60. The Morgan fingerprint density at radius 3 is 2.36 bits per heavy atom. The third kappa shape index (κ3) is 2.97. The molecular formula is C23H20N2O7S. The number of anilines is 1. The molecule has 170 valence electrons. The molecule has 1 saturated heterocycles. The van der Waals surface area contributed by atoms with Gasteiger partial charge >= 0.3 is 5.97 Å². The normalized spacial score (nSPS) is 23.5. The minimum atomic E-state index is -0.836. The first-order valence-corrected chi connectivity index (χ1v) is 10.9. The summed E-state index contributed by atoms with van der Waals surface area (Å²) in [6, 6.07) is 9.97. The van der Waals surface area contributed by atoms with E-state index >= 15 is 0 Å². The van der Waals surface area contributed by atoms with Crippen molar-refractivity contribution in [3.8, 4) is 23.0 Å². The van der Waals surface area contributed by atoms with E-state index in [0.717, 1.165) is 16.7 Å². The van der Waals surface area contributed by atoms with E-state index in [1.54, 1.807) is 36.4 Å². The number of para-hydroxylation sites is 1. The van der Waals surface area contributed by atoms with Crippen LogP contribution < -0.4 is 29.6 Å². The summed E-state index contributed by atoms with van der Waals surface area (Å²) in [4.78, 5) is 41.2. The number of carbonyl (C=O) groups is 3. The predicted octanol–water partition coefficient (Wildman–Crippen LogP) is 2.19. The number of nitrogens with zero attached hydrogens (tertiary/aromatic N) is 1. The zero-order valence-corrected chi connectivity index (χ0v) is 18.8. The van der Waals surface area contributed by atoms with Crippen molar-refractivity contribution in [2.45, 2.75) is 11.2 Å². The molecule has 0 spiro atoms. The van der Waals surface area contributed by atoms with Crippen LogP contribution in [0.1, 0.15) is 11.5 Å². The van der Waals surface area contributed by atoms with Gasteiger partial charge in [0.15, 0.2) is 23.0 Å². The number of hydrogen-bond acceptors (Lipinski definition) is 9. The fraction of sp³-hybridized carbons (Fsp3) is 0.261. The van der Waals surface area contributed by atoms with Crippen LogP contribution >= 0.6 is 11.8 Å². The quantitative estimate of drug-likeness (QED) is 0.409. The summed E-state index contributed by atoms with van der Waals surface area (Å²) >= 11 is 1.02. The van der Waals surface area contributed by atoms with Gasteiger partial charge in [-0.2, -0.15) is 0 Å². The Hall–Kier alpha value is -3.66. The van der Waals surface area contributed by atoms with Gasteiger partial charge in [-0.3, -0.25) is 9.59 Å². The van der Waals surface area contributed by atoms with Crippen molar-refractivity contribution in [2.75, 3.05) is 26.2 Å². The molecule has 9 nitrogen and oxygen atoms in total. The van der Waals surface area contributed by atoms with E-state index in [9.17, 15) is 14.4 Å². The van der Waals surface area contributed by atoms with Crippen molar-refractivity contribution in [3.05, 3.63) is 52.6 Å². The second kappa shape index (κ2) is 7.73. The lowest BCUT2D eigenvalue weighted by atomic mass is 9.77. The Morgan fingerprint density at radius 1 is 0.939 bits per heavy atom. The fourth-order valence-corrected chi connectivity index (χ4v) is 5.87. The smallest absolute Gasteiger partial charge is 0.342 e. The zero-order valence-electron chi connectivity index (χ0n) is 18.0. The maximum absolute atomic E-state index is 13.7. The van der Waals surface area contributed by atoms with E-state index < -0.39 is 34.9 Å². The Kier molecular flexibility index (Phi) is 4.97. The molecule has 2 aromatic carbocycles. The molecule has 2 aromatic rings. The van der Waals surface area contributed by atoms with Crippen molar-refractivity contribution in [1.29, 1.82) is 0 Å². The molecule has 3 aliphatic rings. The Balaban J connectivity index is 1.64. The average molecular weight is 468 g/mol. The van der Waals surface area contributed by atoms with Gasteiger partial charge in [-0.15, -0.1) is 0 Å². The van der Waals surface area contributed by atoms with Crippen molar-refractivity contribution >= 4 is 35.2 Å². The molecule has 3 atom stereocenters. The van der Waals surface area contributed by atoms with Gasteiger partial charge in [-0.25, -0.2) is 9.69 Å². The van der Waals surface area contributed by atoms with Gasteiger partial charge < -0.3 is 24.7 Å². The number of hydrogen-bond donors (Lipinski definition) is 1.